The zero-order chi connectivity index (χ0) is 13.3. The van der Waals surface area contributed by atoms with Crippen LogP contribution >= 0.6 is 0 Å². The first-order chi connectivity index (χ1) is 8.53. The van der Waals surface area contributed by atoms with Crippen LogP contribution in [0.1, 0.15) is 41.5 Å². The van der Waals surface area contributed by atoms with Crippen molar-refractivity contribution in [3.8, 4) is 5.75 Å². The Morgan fingerprint density at radius 1 is 1.22 bits per heavy atom. The average molecular weight is 248 g/mol. The maximum atomic E-state index is 9.64. The van der Waals surface area contributed by atoms with Gasteiger partial charge in [0.25, 0.3) is 0 Å². The number of hydrogen-bond donors (Lipinski definition) is 1. The number of methoxy groups -OCH3 is 1. The highest BCUT2D eigenvalue weighted by Gasteiger charge is 2.37. The first-order valence-corrected chi connectivity index (χ1v) is 6.77. The van der Waals surface area contributed by atoms with Crippen LogP contribution in [0.5, 0.6) is 5.75 Å². The van der Waals surface area contributed by atoms with Gasteiger partial charge in [0.1, 0.15) is 5.75 Å². The molecule has 0 unspecified atom stereocenters. The Balaban J connectivity index is 2.40. The molecule has 18 heavy (non-hydrogen) atoms. The molecular formula is C16H24O2. The van der Waals surface area contributed by atoms with Crippen LogP contribution in [0.4, 0.5) is 0 Å². The number of aliphatic hydroxyl groups is 1. The SMILES string of the molecule is COc1c(C)c(C)cc(C)c1CC1(CO)CCC1. The minimum absolute atomic E-state index is 0.111. The summed E-state index contributed by atoms with van der Waals surface area (Å²) in [5.74, 6) is 1.02. The summed E-state index contributed by atoms with van der Waals surface area (Å²) in [6.45, 7) is 6.68. The van der Waals surface area contributed by atoms with Gasteiger partial charge in [-0.25, -0.2) is 0 Å². The molecule has 0 spiro atoms. The molecule has 1 aromatic carbocycles. The van der Waals surface area contributed by atoms with Crippen molar-refractivity contribution in [2.24, 2.45) is 5.41 Å². The molecule has 1 aliphatic carbocycles. The number of benzene rings is 1. The number of aryl methyl sites for hydroxylation is 2. The second kappa shape index (κ2) is 4.93. The molecule has 100 valence electrons. The van der Waals surface area contributed by atoms with E-state index in [0.29, 0.717) is 6.61 Å². The normalized spacial score (nSPS) is 17.4. The smallest absolute Gasteiger partial charge is 0.125 e. The van der Waals surface area contributed by atoms with Gasteiger partial charge in [-0.3, -0.25) is 0 Å². The van der Waals surface area contributed by atoms with Gasteiger partial charge in [-0.2, -0.15) is 0 Å². The van der Waals surface area contributed by atoms with E-state index in [0.717, 1.165) is 25.0 Å². The summed E-state index contributed by atoms with van der Waals surface area (Å²) in [6, 6.07) is 2.23. The summed E-state index contributed by atoms with van der Waals surface area (Å²) >= 11 is 0. The summed E-state index contributed by atoms with van der Waals surface area (Å²) < 4.78 is 5.62. The van der Waals surface area contributed by atoms with Crippen molar-refractivity contribution >= 4 is 0 Å². The van der Waals surface area contributed by atoms with Gasteiger partial charge < -0.3 is 9.84 Å². The van der Waals surface area contributed by atoms with Crippen LogP contribution in [0, 0.1) is 26.2 Å². The van der Waals surface area contributed by atoms with Gasteiger partial charge in [-0.1, -0.05) is 12.5 Å². The quantitative estimate of drug-likeness (QED) is 0.885. The van der Waals surface area contributed by atoms with Crippen LogP contribution in [-0.2, 0) is 6.42 Å². The maximum absolute atomic E-state index is 9.64. The molecule has 0 amide bonds. The van der Waals surface area contributed by atoms with E-state index in [2.05, 4.69) is 26.8 Å². The summed E-state index contributed by atoms with van der Waals surface area (Å²) in [7, 11) is 1.75. The molecule has 0 saturated heterocycles. The highest BCUT2D eigenvalue weighted by molar-refractivity contribution is 5.50. The van der Waals surface area contributed by atoms with Crippen LogP contribution in [0.15, 0.2) is 6.07 Å². The Bertz CT molecular complexity index is 439. The van der Waals surface area contributed by atoms with Crippen molar-refractivity contribution < 1.29 is 9.84 Å². The van der Waals surface area contributed by atoms with E-state index in [1.54, 1.807) is 7.11 Å². The molecule has 1 saturated carbocycles. The number of rotatable bonds is 4. The van der Waals surface area contributed by atoms with E-state index in [9.17, 15) is 5.11 Å². The third-order valence-corrected chi connectivity index (χ3v) is 4.62. The lowest BCUT2D eigenvalue weighted by molar-refractivity contribution is 0.0443. The van der Waals surface area contributed by atoms with Gasteiger partial charge in [-0.05, 0) is 67.7 Å². The Morgan fingerprint density at radius 2 is 1.89 bits per heavy atom. The molecule has 0 heterocycles. The predicted octanol–water partition coefficient (Wildman–Crippen LogP) is 3.33. The monoisotopic (exact) mass is 248 g/mol. The lowest BCUT2D eigenvalue weighted by Gasteiger charge is -2.41. The van der Waals surface area contributed by atoms with E-state index >= 15 is 0 Å². The second-order valence-electron chi connectivity index (χ2n) is 5.84. The fraction of sp³-hybridized carbons (Fsp3) is 0.625. The minimum Gasteiger partial charge on any atom is -0.496 e. The molecule has 0 bridgehead atoms. The standard InChI is InChI=1S/C16H24O2/c1-11-8-12(2)14(15(18-4)13(11)3)9-16(10-17)6-5-7-16/h8,17H,5-7,9-10H2,1-4H3. The van der Waals surface area contributed by atoms with Gasteiger partial charge in [0.05, 0.1) is 7.11 Å². The van der Waals surface area contributed by atoms with Crippen molar-refractivity contribution in [2.75, 3.05) is 13.7 Å². The molecule has 1 N–H and O–H groups in total. The lowest BCUT2D eigenvalue weighted by Crippen LogP contribution is -2.35. The van der Waals surface area contributed by atoms with E-state index in [1.165, 1.54) is 28.7 Å². The molecule has 1 fully saturated rings. The third-order valence-electron chi connectivity index (χ3n) is 4.62. The van der Waals surface area contributed by atoms with Crippen molar-refractivity contribution in [2.45, 2.75) is 46.5 Å². The molecule has 2 nitrogen and oxygen atoms in total. The number of aliphatic hydroxyl groups excluding tert-OH is 1. The van der Waals surface area contributed by atoms with Crippen LogP contribution < -0.4 is 4.74 Å². The highest BCUT2D eigenvalue weighted by atomic mass is 16.5. The fourth-order valence-corrected chi connectivity index (χ4v) is 3.04. The lowest BCUT2D eigenvalue weighted by atomic mass is 9.65. The summed E-state index contributed by atoms with van der Waals surface area (Å²) in [5, 5.41) is 9.64. The van der Waals surface area contributed by atoms with Crippen LogP contribution in [0.3, 0.4) is 0 Å². The van der Waals surface area contributed by atoms with Gasteiger partial charge in [0.2, 0.25) is 0 Å². The van der Waals surface area contributed by atoms with E-state index < -0.39 is 0 Å². The zero-order valence-electron chi connectivity index (χ0n) is 12.0. The first kappa shape index (κ1) is 13.4. The van der Waals surface area contributed by atoms with Crippen molar-refractivity contribution in [3.05, 3.63) is 28.3 Å². The summed E-state index contributed by atoms with van der Waals surface area (Å²) in [5.41, 5.74) is 5.19. The third kappa shape index (κ3) is 2.14. The molecule has 1 aromatic rings. The van der Waals surface area contributed by atoms with E-state index in [1.807, 2.05) is 0 Å². The molecule has 2 heteroatoms. The molecular weight excluding hydrogens is 224 g/mol. The zero-order valence-corrected chi connectivity index (χ0v) is 12.0. The van der Waals surface area contributed by atoms with Gasteiger partial charge in [0, 0.05) is 6.61 Å². The number of hydrogen-bond acceptors (Lipinski definition) is 2. The van der Waals surface area contributed by atoms with Gasteiger partial charge >= 0.3 is 0 Å². The Kier molecular flexibility index (Phi) is 3.67. The Hall–Kier alpha value is -1.02. The van der Waals surface area contributed by atoms with Crippen LogP contribution in [-0.4, -0.2) is 18.8 Å². The Morgan fingerprint density at radius 3 is 2.33 bits per heavy atom. The molecule has 1 aliphatic rings. The molecule has 0 aromatic heterocycles. The average Bonchev–Trinajstić information content (AvgIpc) is 2.30. The van der Waals surface area contributed by atoms with Crippen molar-refractivity contribution in [1.82, 2.24) is 0 Å². The molecule has 0 atom stereocenters. The number of ether oxygens (including phenoxy) is 1. The molecule has 2 rings (SSSR count). The molecule has 0 radical (unpaired) electrons. The summed E-state index contributed by atoms with van der Waals surface area (Å²) in [6.07, 6.45) is 4.46. The largest absolute Gasteiger partial charge is 0.496 e. The Labute approximate surface area is 110 Å². The van der Waals surface area contributed by atoms with Crippen LogP contribution in [0.2, 0.25) is 0 Å². The predicted molar refractivity (Wildman–Crippen MR) is 74.3 cm³/mol. The topological polar surface area (TPSA) is 29.5 Å². The van der Waals surface area contributed by atoms with Crippen molar-refractivity contribution in [1.29, 1.82) is 0 Å². The first-order valence-electron chi connectivity index (χ1n) is 6.77. The summed E-state index contributed by atoms with van der Waals surface area (Å²) in [4.78, 5) is 0. The van der Waals surface area contributed by atoms with Gasteiger partial charge in [-0.15, -0.1) is 0 Å². The molecule has 0 aliphatic heterocycles. The fourth-order valence-electron chi connectivity index (χ4n) is 3.04. The highest BCUT2D eigenvalue weighted by Crippen LogP contribution is 2.45. The van der Waals surface area contributed by atoms with E-state index in [4.69, 9.17) is 4.74 Å². The van der Waals surface area contributed by atoms with Crippen LogP contribution in [0.25, 0.3) is 0 Å². The minimum atomic E-state index is 0.111. The van der Waals surface area contributed by atoms with Gasteiger partial charge in [0.15, 0.2) is 0 Å². The maximum Gasteiger partial charge on any atom is 0.125 e. The second-order valence-corrected chi connectivity index (χ2v) is 5.84. The van der Waals surface area contributed by atoms with Crippen molar-refractivity contribution in [3.63, 3.8) is 0 Å². The van der Waals surface area contributed by atoms with E-state index in [-0.39, 0.29) is 5.41 Å².